The van der Waals surface area contributed by atoms with Gasteiger partial charge in [-0.05, 0) is 36.2 Å². The van der Waals surface area contributed by atoms with E-state index in [-0.39, 0.29) is 22.9 Å². The first kappa shape index (κ1) is 18.3. The summed E-state index contributed by atoms with van der Waals surface area (Å²) in [6.45, 7) is -2.52. The number of aromatic nitrogens is 1. The van der Waals surface area contributed by atoms with Gasteiger partial charge in [0.25, 0.3) is 5.91 Å². The van der Waals surface area contributed by atoms with E-state index in [0.29, 0.717) is 13.0 Å². The summed E-state index contributed by atoms with van der Waals surface area (Å²) in [6, 6.07) is 9.06. The van der Waals surface area contributed by atoms with Crippen molar-refractivity contribution in [1.29, 1.82) is 0 Å². The Labute approximate surface area is 142 Å². The van der Waals surface area contributed by atoms with E-state index in [2.05, 4.69) is 19.8 Å². The van der Waals surface area contributed by atoms with Gasteiger partial charge in [-0.15, -0.1) is 0 Å². The summed E-state index contributed by atoms with van der Waals surface area (Å²) in [5.41, 5.74) is 1.29. The standard InChI is InChI=1S/C17H16F2N2O4/c1-24-16(23)12-4-7-14(21-10-12)15(22)20-9-8-11-2-5-13(6-3-11)25-17(18)19/h2-7,10,17H,8-9H2,1H3,(H,20,22). The molecule has 0 atom stereocenters. The molecule has 0 aliphatic rings. The smallest absolute Gasteiger partial charge is 0.387 e. The van der Waals surface area contributed by atoms with Crippen LogP contribution in [0.25, 0.3) is 0 Å². The molecule has 25 heavy (non-hydrogen) atoms. The fourth-order valence-electron chi connectivity index (χ4n) is 2.02. The van der Waals surface area contributed by atoms with Crippen molar-refractivity contribution < 1.29 is 27.8 Å². The van der Waals surface area contributed by atoms with Crippen LogP contribution in [0.5, 0.6) is 5.75 Å². The van der Waals surface area contributed by atoms with Crippen LogP contribution in [0.15, 0.2) is 42.6 Å². The van der Waals surface area contributed by atoms with Crippen LogP contribution in [0.1, 0.15) is 26.4 Å². The Bertz CT molecular complexity index is 718. The molecular weight excluding hydrogens is 334 g/mol. The van der Waals surface area contributed by atoms with Gasteiger partial charge in [-0.25, -0.2) is 4.79 Å². The van der Waals surface area contributed by atoms with Crippen molar-refractivity contribution in [3.8, 4) is 5.75 Å². The highest BCUT2D eigenvalue weighted by molar-refractivity contribution is 5.94. The maximum absolute atomic E-state index is 12.1. The summed E-state index contributed by atoms with van der Waals surface area (Å²) >= 11 is 0. The number of methoxy groups -OCH3 is 1. The zero-order valence-corrected chi connectivity index (χ0v) is 13.4. The minimum Gasteiger partial charge on any atom is -0.465 e. The maximum atomic E-state index is 12.1. The molecular formula is C17H16F2N2O4. The van der Waals surface area contributed by atoms with E-state index in [9.17, 15) is 18.4 Å². The van der Waals surface area contributed by atoms with Crippen LogP contribution >= 0.6 is 0 Å². The summed E-state index contributed by atoms with van der Waals surface area (Å²) < 4.78 is 32.9. The minimum atomic E-state index is -2.86. The van der Waals surface area contributed by atoms with Crippen LogP contribution in [0.2, 0.25) is 0 Å². The number of pyridine rings is 1. The Morgan fingerprint density at radius 1 is 1.16 bits per heavy atom. The molecule has 0 fully saturated rings. The maximum Gasteiger partial charge on any atom is 0.387 e. The van der Waals surface area contributed by atoms with Gasteiger partial charge in [-0.1, -0.05) is 12.1 Å². The van der Waals surface area contributed by atoms with Gasteiger partial charge < -0.3 is 14.8 Å². The van der Waals surface area contributed by atoms with Gasteiger partial charge in [-0.3, -0.25) is 9.78 Å². The van der Waals surface area contributed by atoms with E-state index in [4.69, 9.17) is 0 Å². The molecule has 0 bridgehead atoms. The third-order valence-electron chi connectivity index (χ3n) is 3.26. The molecule has 0 saturated carbocycles. The van der Waals surface area contributed by atoms with Crippen LogP contribution in [0.3, 0.4) is 0 Å². The van der Waals surface area contributed by atoms with Crippen molar-refractivity contribution in [2.45, 2.75) is 13.0 Å². The van der Waals surface area contributed by atoms with Crippen LogP contribution in [0, 0.1) is 0 Å². The molecule has 1 aromatic heterocycles. The third kappa shape index (κ3) is 5.52. The summed E-state index contributed by atoms with van der Waals surface area (Å²) in [5, 5.41) is 2.69. The fourth-order valence-corrected chi connectivity index (χ4v) is 2.02. The van der Waals surface area contributed by atoms with Crippen molar-refractivity contribution in [2.75, 3.05) is 13.7 Å². The van der Waals surface area contributed by atoms with E-state index in [1.165, 1.54) is 37.6 Å². The van der Waals surface area contributed by atoms with Gasteiger partial charge in [-0.2, -0.15) is 8.78 Å². The molecule has 1 amide bonds. The molecule has 0 unspecified atom stereocenters. The number of esters is 1. The first-order valence-corrected chi connectivity index (χ1v) is 7.36. The molecule has 2 rings (SSSR count). The molecule has 6 nitrogen and oxygen atoms in total. The molecule has 0 spiro atoms. The molecule has 0 aliphatic carbocycles. The van der Waals surface area contributed by atoms with Gasteiger partial charge in [0.2, 0.25) is 0 Å². The molecule has 8 heteroatoms. The van der Waals surface area contributed by atoms with Gasteiger partial charge >= 0.3 is 12.6 Å². The van der Waals surface area contributed by atoms with Crippen LogP contribution in [0.4, 0.5) is 8.78 Å². The Hall–Kier alpha value is -3.03. The van der Waals surface area contributed by atoms with Crippen LogP contribution in [-0.2, 0) is 11.2 Å². The molecule has 0 radical (unpaired) electrons. The average molecular weight is 350 g/mol. The number of alkyl halides is 2. The van der Waals surface area contributed by atoms with Crippen molar-refractivity contribution >= 4 is 11.9 Å². The second-order valence-corrected chi connectivity index (χ2v) is 4.95. The third-order valence-corrected chi connectivity index (χ3v) is 3.26. The number of carbonyl (C=O) groups excluding carboxylic acids is 2. The summed E-state index contributed by atoms with van der Waals surface area (Å²) in [4.78, 5) is 27.2. The second-order valence-electron chi connectivity index (χ2n) is 4.95. The van der Waals surface area contributed by atoms with E-state index >= 15 is 0 Å². The summed E-state index contributed by atoms with van der Waals surface area (Å²) in [6.07, 6.45) is 1.78. The normalized spacial score (nSPS) is 10.4. The Kier molecular flexibility index (Phi) is 6.39. The molecule has 0 aliphatic heterocycles. The molecule has 132 valence electrons. The quantitative estimate of drug-likeness (QED) is 0.776. The Morgan fingerprint density at radius 2 is 1.88 bits per heavy atom. The fraction of sp³-hybridized carbons (Fsp3) is 0.235. The number of carbonyl (C=O) groups is 2. The first-order valence-electron chi connectivity index (χ1n) is 7.36. The van der Waals surface area contributed by atoms with Gasteiger partial charge in [0, 0.05) is 12.7 Å². The number of nitrogens with one attached hydrogen (secondary N) is 1. The number of amides is 1. The number of rotatable bonds is 7. The van der Waals surface area contributed by atoms with E-state index in [0.717, 1.165) is 5.56 Å². The van der Waals surface area contributed by atoms with E-state index in [1.807, 2.05) is 0 Å². The molecule has 1 N–H and O–H groups in total. The number of hydrogen-bond acceptors (Lipinski definition) is 5. The number of nitrogens with zero attached hydrogens (tertiary/aromatic N) is 1. The van der Waals surface area contributed by atoms with Crippen molar-refractivity contribution in [3.05, 3.63) is 59.4 Å². The minimum absolute atomic E-state index is 0.0812. The number of halogens is 2. The molecule has 0 saturated heterocycles. The molecule has 1 heterocycles. The predicted molar refractivity (Wildman–Crippen MR) is 84.7 cm³/mol. The lowest BCUT2D eigenvalue weighted by Crippen LogP contribution is -2.26. The molecule has 2 aromatic rings. The van der Waals surface area contributed by atoms with Gasteiger partial charge in [0.1, 0.15) is 11.4 Å². The van der Waals surface area contributed by atoms with E-state index in [1.54, 1.807) is 12.1 Å². The van der Waals surface area contributed by atoms with Gasteiger partial charge in [0.15, 0.2) is 0 Å². The highest BCUT2D eigenvalue weighted by Gasteiger charge is 2.10. The van der Waals surface area contributed by atoms with Crippen molar-refractivity contribution in [1.82, 2.24) is 10.3 Å². The van der Waals surface area contributed by atoms with E-state index < -0.39 is 12.6 Å². The predicted octanol–water partition coefficient (Wildman–Crippen LogP) is 2.44. The lowest BCUT2D eigenvalue weighted by molar-refractivity contribution is -0.0498. The lowest BCUT2D eigenvalue weighted by atomic mass is 10.1. The van der Waals surface area contributed by atoms with Crippen LogP contribution < -0.4 is 10.1 Å². The monoisotopic (exact) mass is 350 g/mol. The number of ether oxygens (including phenoxy) is 2. The van der Waals surface area contributed by atoms with Crippen LogP contribution in [-0.4, -0.2) is 37.1 Å². The summed E-state index contributed by atoms with van der Waals surface area (Å²) in [5.74, 6) is -0.828. The second kappa shape index (κ2) is 8.72. The summed E-state index contributed by atoms with van der Waals surface area (Å²) in [7, 11) is 1.26. The zero-order valence-electron chi connectivity index (χ0n) is 13.4. The van der Waals surface area contributed by atoms with Gasteiger partial charge in [0.05, 0.1) is 12.7 Å². The SMILES string of the molecule is COC(=O)c1ccc(C(=O)NCCc2ccc(OC(F)F)cc2)nc1. The Balaban J connectivity index is 1.82. The largest absolute Gasteiger partial charge is 0.465 e. The Morgan fingerprint density at radius 3 is 2.44 bits per heavy atom. The highest BCUT2D eigenvalue weighted by Crippen LogP contribution is 2.15. The zero-order chi connectivity index (χ0) is 18.2. The highest BCUT2D eigenvalue weighted by atomic mass is 19.3. The first-order chi connectivity index (χ1) is 12.0. The average Bonchev–Trinajstić information content (AvgIpc) is 2.62. The number of benzene rings is 1. The topological polar surface area (TPSA) is 77.5 Å². The van der Waals surface area contributed by atoms with Crippen molar-refractivity contribution in [3.63, 3.8) is 0 Å². The number of hydrogen-bond donors (Lipinski definition) is 1. The lowest BCUT2D eigenvalue weighted by Gasteiger charge is -2.07. The molecule has 1 aromatic carbocycles. The van der Waals surface area contributed by atoms with Crippen molar-refractivity contribution in [2.24, 2.45) is 0 Å².